The van der Waals surface area contributed by atoms with Crippen LogP contribution < -0.4 is 24.2 Å². The molecule has 3 aliphatic heterocycles. The second-order valence-corrected chi connectivity index (χ2v) is 17.5. The summed E-state index contributed by atoms with van der Waals surface area (Å²) in [6.45, 7) is 14.6. The maximum Gasteiger partial charge on any atom is 0.151 e. The summed E-state index contributed by atoms with van der Waals surface area (Å²) in [5, 5.41) is 11.1. The molecule has 0 amide bonds. The van der Waals surface area contributed by atoms with Crippen LogP contribution in [0.5, 0.6) is 23.0 Å². The third-order valence-electron chi connectivity index (χ3n) is 13.3. The number of para-hydroxylation sites is 2. The number of hydrogen-bond donors (Lipinski definition) is 0. The fourth-order valence-electron chi connectivity index (χ4n) is 10.0. The molecular formula is C55H46N6O2. The van der Waals surface area contributed by atoms with Crippen LogP contribution in [0.15, 0.2) is 140 Å². The Kier molecular flexibility index (Phi) is 8.25. The lowest BCUT2D eigenvalue weighted by molar-refractivity contribution is 0.476. The molecule has 0 radical (unpaired) electrons. The number of aryl methyl sites for hydroxylation is 5. The van der Waals surface area contributed by atoms with Crippen LogP contribution >= 0.6 is 0 Å². The van der Waals surface area contributed by atoms with Crippen molar-refractivity contribution in [2.24, 2.45) is 0 Å². The molecule has 0 aliphatic carbocycles. The SMILES string of the molecule is Cc1ccc2c(c1)Oc1ccccc1N2c1ccc2c(c1)c1cc(N3c4ccc(C)cc4Oc4cc(C)ccc43)ccc1n2-c1ccc(N2CC(c3c(C)nnc(C)c3C)C2)cc1. The minimum Gasteiger partial charge on any atom is -0.453 e. The summed E-state index contributed by atoms with van der Waals surface area (Å²) < 4.78 is 15.5. The highest BCUT2D eigenvalue weighted by Gasteiger charge is 2.33. The predicted octanol–water partition coefficient (Wildman–Crippen LogP) is 14.2. The summed E-state index contributed by atoms with van der Waals surface area (Å²) in [5.74, 6) is 3.84. The number of hydrogen-bond acceptors (Lipinski definition) is 7. The fraction of sp³-hybridized carbons (Fsp3) is 0.164. The molecule has 63 heavy (non-hydrogen) atoms. The van der Waals surface area contributed by atoms with E-state index in [-0.39, 0.29) is 0 Å². The molecule has 0 saturated carbocycles. The maximum absolute atomic E-state index is 6.57. The van der Waals surface area contributed by atoms with Gasteiger partial charge >= 0.3 is 0 Å². The van der Waals surface area contributed by atoms with Crippen LogP contribution in [0, 0.1) is 41.5 Å². The normalized spacial score (nSPS) is 14.2. The highest BCUT2D eigenvalue weighted by molar-refractivity contribution is 6.12. The molecule has 9 aromatic rings. The topological polar surface area (TPSA) is 58.9 Å². The smallest absolute Gasteiger partial charge is 0.151 e. The van der Waals surface area contributed by atoms with Gasteiger partial charge in [0.05, 0.1) is 45.2 Å². The Balaban J connectivity index is 1.01. The minimum atomic E-state index is 0.451. The zero-order chi connectivity index (χ0) is 42.7. The molecule has 308 valence electrons. The van der Waals surface area contributed by atoms with Gasteiger partial charge in [-0.15, -0.1) is 0 Å². The first-order valence-electron chi connectivity index (χ1n) is 21.8. The Hall–Kier alpha value is -7.58. The Bertz CT molecular complexity index is 3290. The van der Waals surface area contributed by atoms with Crippen LogP contribution in [-0.2, 0) is 0 Å². The first-order chi connectivity index (χ1) is 30.7. The summed E-state index contributed by atoms with van der Waals surface area (Å²) in [6.07, 6.45) is 0. The largest absolute Gasteiger partial charge is 0.453 e. The molecule has 8 heteroatoms. The van der Waals surface area contributed by atoms with E-state index in [1.165, 1.54) is 16.8 Å². The van der Waals surface area contributed by atoms with Crippen LogP contribution in [0.4, 0.5) is 39.8 Å². The third-order valence-corrected chi connectivity index (χ3v) is 13.3. The number of nitrogens with zero attached hydrogens (tertiary/aromatic N) is 6. The molecule has 0 N–H and O–H groups in total. The van der Waals surface area contributed by atoms with Crippen molar-refractivity contribution >= 4 is 61.6 Å². The fourth-order valence-corrected chi connectivity index (χ4v) is 10.0. The monoisotopic (exact) mass is 822 g/mol. The summed E-state index contributed by atoms with van der Waals surface area (Å²) in [4.78, 5) is 7.15. The van der Waals surface area contributed by atoms with Gasteiger partial charge in [-0.3, -0.25) is 0 Å². The summed E-state index contributed by atoms with van der Waals surface area (Å²) in [7, 11) is 0. The first kappa shape index (κ1) is 37.2. The lowest BCUT2D eigenvalue weighted by Crippen LogP contribution is -2.45. The van der Waals surface area contributed by atoms with Gasteiger partial charge in [-0.05, 0) is 179 Å². The predicted molar refractivity (Wildman–Crippen MR) is 256 cm³/mol. The maximum atomic E-state index is 6.57. The van der Waals surface area contributed by atoms with Crippen molar-refractivity contribution in [1.29, 1.82) is 0 Å². The van der Waals surface area contributed by atoms with E-state index in [4.69, 9.17) is 9.47 Å². The van der Waals surface area contributed by atoms with Crippen molar-refractivity contribution < 1.29 is 9.47 Å². The van der Waals surface area contributed by atoms with Crippen LogP contribution in [0.1, 0.15) is 45.1 Å². The highest BCUT2D eigenvalue weighted by atomic mass is 16.5. The van der Waals surface area contributed by atoms with E-state index < -0.39 is 0 Å². The summed E-state index contributed by atoms with van der Waals surface area (Å²) >= 11 is 0. The molecule has 8 nitrogen and oxygen atoms in total. The Morgan fingerprint density at radius 3 is 1.46 bits per heavy atom. The van der Waals surface area contributed by atoms with Gasteiger partial charge in [0.1, 0.15) is 0 Å². The summed E-state index contributed by atoms with van der Waals surface area (Å²) in [6, 6.07) is 50.6. The van der Waals surface area contributed by atoms with Gasteiger partial charge in [-0.2, -0.15) is 10.2 Å². The zero-order valence-electron chi connectivity index (χ0n) is 36.3. The highest BCUT2D eigenvalue weighted by Crippen LogP contribution is 2.54. The van der Waals surface area contributed by atoms with Gasteiger partial charge in [0.25, 0.3) is 0 Å². The number of ether oxygens (including phenoxy) is 2. The van der Waals surface area contributed by atoms with E-state index in [2.05, 4.69) is 204 Å². The van der Waals surface area contributed by atoms with Crippen molar-refractivity contribution in [3.05, 3.63) is 179 Å². The molecule has 12 rings (SSSR count). The van der Waals surface area contributed by atoms with Gasteiger partial charge in [-0.1, -0.05) is 30.3 Å². The van der Waals surface area contributed by atoms with Crippen molar-refractivity contribution in [2.45, 2.75) is 47.5 Å². The number of aromatic nitrogens is 3. The van der Waals surface area contributed by atoms with Gasteiger partial charge in [-0.25, -0.2) is 0 Å². The van der Waals surface area contributed by atoms with Crippen molar-refractivity contribution in [1.82, 2.24) is 14.8 Å². The number of rotatable bonds is 5. The van der Waals surface area contributed by atoms with Crippen LogP contribution in [-0.4, -0.2) is 27.9 Å². The van der Waals surface area contributed by atoms with Crippen LogP contribution in [0.3, 0.4) is 0 Å². The number of benzene rings is 7. The Morgan fingerprint density at radius 1 is 0.444 bits per heavy atom. The molecule has 0 unspecified atom stereocenters. The van der Waals surface area contributed by atoms with Gasteiger partial charge in [0, 0.05) is 52.5 Å². The van der Waals surface area contributed by atoms with Gasteiger partial charge < -0.3 is 28.7 Å². The van der Waals surface area contributed by atoms with Crippen molar-refractivity contribution in [2.75, 3.05) is 27.8 Å². The van der Waals surface area contributed by atoms with E-state index in [9.17, 15) is 0 Å². The quantitative estimate of drug-likeness (QED) is 0.171. The van der Waals surface area contributed by atoms with E-state index in [0.29, 0.717) is 5.92 Å². The Labute approximate surface area is 367 Å². The lowest BCUT2D eigenvalue weighted by atomic mass is 9.87. The van der Waals surface area contributed by atoms with Crippen molar-refractivity contribution in [3.63, 3.8) is 0 Å². The van der Waals surface area contributed by atoms with Gasteiger partial charge in [0.2, 0.25) is 0 Å². The van der Waals surface area contributed by atoms with E-state index in [1.807, 2.05) is 6.07 Å². The molecule has 0 spiro atoms. The average molecular weight is 823 g/mol. The van der Waals surface area contributed by atoms with E-state index >= 15 is 0 Å². The third kappa shape index (κ3) is 5.88. The molecule has 2 aromatic heterocycles. The molecule has 1 fully saturated rings. The molecule has 7 aromatic carbocycles. The minimum absolute atomic E-state index is 0.451. The average Bonchev–Trinajstić information content (AvgIpc) is 3.59. The summed E-state index contributed by atoms with van der Waals surface area (Å²) in [5.41, 5.74) is 18.9. The standard InChI is InChI=1S/C55H46N6O2/c1-32-11-20-48-52(25-32)62-51-10-8-7-9-47(51)60(48)41-18-23-45-43(28-41)44-29-42(61-49-21-12-33(2)26-53(49)63-54-27-34(3)13-22-50(54)61)19-24-46(44)59(45)40-16-14-39(15-17-40)58-30-38(31-58)55-35(4)36(5)56-57-37(55)6/h7-29,38H,30-31H2,1-6H3. The molecule has 5 heterocycles. The second-order valence-electron chi connectivity index (χ2n) is 17.5. The molecule has 1 saturated heterocycles. The van der Waals surface area contributed by atoms with E-state index in [1.54, 1.807) is 0 Å². The first-order valence-corrected chi connectivity index (χ1v) is 21.8. The number of fused-ring (bicyclic) bond motifs is 7. The van der Waals surface area contributed by atoms with Gasteiger partial charge in [0.15, 0.2) is 23.0 Å². The zero-order valence-corrected chi connectivity index (χ0v) is 36.3. The molecular weight excluding hydrogens is 777 g/mol. The molecule has 3 aliphatic rings. The van der Waals surface area contributed by atoms with Crippen molar-refractivity contribution in [3.8, 4) is 28.7 Å². The van der Waals surface area contributed by atoms with Crippen LogP contribution in [0.25, 0.3) is 27.5 Å². The Morgan fingerprint density at radius 2 is 0.905 bits per heavy atom. The van der Waals surface area contributed by atoms with E-state index in [0.717, 1.165) is 126 Å². The lowest BCUT2D eigenvalue weighted by Gasteiger charge is -2.42. The number of anilines is 7. The second kappa shape index (κ2) is 14.0. The van der Waals surface area contributed by atoms with Crippen LogP contribution in [0.2, 0.25) is 0 Å². The molecule has 0 atom stereocenters. The molecule has 0 bridgehead atoms.